The standard InChI is InChI=1S/C16H16ClN3O4/c17-12-4-2-1-3-11(12)13-8-14(19-18-13)16(23)20-5-6-24-10(9-20)7-15(21)22/h1-4,8,10H,5-7,9H2,(H,18,19)(H,21,22)/t10-/m0/s1. The number of carbonyl (C=O) groups excluding carboxylic acids is 1. The molecule has 1 amide bonds. The van der Waals surface area contributed by atoms with E-state index in [1.165, 1.54) is 0 Å². The number of aromatic amines is 1. The summed E-state index contributed by atoms with van der Waals surface area (Å²) in [5.41, 5.74) is 1.65. The highest BCUT2D eigenvalue weighted by molar-refractivity contribution is 6.33. The Labute approximate surface area is 143 Å². The molecule has 0 radical (unpaired) electrons. The monoisotopic (exact) mass is 349 g/mol. The topological polar surface area (TPSA) is 95.5 Å². The van der Waals surface area contributed by atoms with Crippen molar-refractivity contribution >= 4 is 23.5 Å². The number of carboxylic acid groups (broad SMARTS) is 1. The van der Waals surface area contributed by atoms with E-state index in [4.69, 9.17) is 21.4 Å². The van der Waals surface area contributed by atoms with Crippen molar-refractivity contribution in [1.29, 1.82) is 0 Å². The minimum Gasteiger partial charge on any atom is -0.481 e. The molecule has 1 fully saturated rings. The van der Waals surface area contributed by atoms with E-state index < -0.39 is 12.1 Å². The zero-order chi connectivity index (χ0) is 17.1. The maximum Gasteiger partial charge on any atom is 0.306 e. The van der Waals surface area contributed by atoms with Crippen LogP contribution in [0.2, 0.25) is 5.02 Å². The number of halogens is 1. The number of aliphatic carboxylic acids is 1. The van der Waals surface area contributed by atoms with E-state index in [2.05, 4.69) is 10.2 Å². The molecule has 24 heavy (non-hydrogen) atoms. The van der Waals surface area contributed by atoms with Gasteiger partial charge in [-0.2, -0.15) is 5.10 Å². The Morgan fingerprint density at radius 2 is 2.21 bits per heavy atom. The van der Waals surface area contributed by atoms with Crippen molar-refractivity contribution in [3.63, 3.8) is 0 Å². The Hall–Kier alpha value is -2.38. The number of H-pyrrole nitrogens is 1. The normalized spacial score (nSPS) is 17.7. The number of nitrogens with one attached hydrogen (secondary N) is 1. The van der Waals surface area contributed by atoms with E-state index >= 15 is 0 Å². The van der Waals surface area contributed by atoms with Crippen LogP contribution >= 0.6 is 11.6 Å². The molecule has 0 bridgehead atoms. The smallest absolute Gasteiger partial charge is 0.306 e. The summed E-state index contributed by atoms with van der Waals surface area (Å²) in [5.74, 6) is -1.18. The number of amides is 1. The van der Waals surface area contributed by atoms with Crippen molar-refractivity contribution in [2.24, 2.45) is 0 Å². The van der Waals surface area contributed by atoms with Gasteiger partial charge in [-0.25, -0.2) is 0 Å². The molecule has 0 aliphatic carbocycles. The van der Waals surface area contributed by atoms with Crippen LogP contribution in [0.5, 0.6) is 0 Å². The quantitative estimate of drug-likeness (QED) is 0.880. The third kappa shape index (κ3) is 3.58. The summed E-state index contributed by atoms with van der Waals surface area (Å²) in [6.07, 6.45) is -0.622. The lowest BCUT2D eigenvalue weighted by Gasteiger charge is -2.31. The van der Waals surface area contributed by atoms with Gasteiger partial charge < -0.3 is 14.7 Å². The molecule has 0 saturated carbocycles. The summed E-state index contributed by atoms with van der Waals surface area (Å²) < 4.78 is 5.38. The number of ether oxygens (including phenoxy) is 1. The van der Waals surface area contributed by atoms with Crippen molar-refractivity contribution in [3.05, 3.63) is 41.0 Å². The average Bonchev–Trinajstić information content (AvgIpc) is 3.04. The lowest BCUT2D eigenvalue weighted by Crippen LogP contribution is -2.46. The number of hydrogen-bond acceptors (Lipinski definition) is 4. The van der Waals surface area contributed by atoms with E-state index in [1.54, 1.807) is 17.0 Å². The molecular formula is C16H16ClN3O4. The van der Waals surface area contributed by atoms with Gasteiger partial charge in [-0.15, -0.1) is 0 Å². The zero-order valence-corrected chi connectivity index (χ0v) is 13.5. The average molecular weight is 350 g/mol. The molecule has 1 saturated heterocycles. The van der Waals surface area contributed by atoms with Crippen LogP contribution in [-0.2, 0) is 9.53 Å². The predicted molar refractivity (Wildman–Crippen MR) is 86.9 cm³/mol. The minimum absolute atomic E-state index is 0.127. The predicted octanol–water partition coefficient (Wildman–Crippen LogP) is 2.05. The molecule has 1 aliphatic heterocycles. The van der Waals surface area contributed by atoms with Crippen LogP contribution in [0.25, 0.3) is 11.3 Å². The number of rotatable bonds is 4. The van der Waals surface area contributed by atoms with Crippen molar-refractivity contribution in [3.8, 4) is 11.3 Å². The fourth-order valence-electron chi connectivity index (χ4n) is 2.63. The van der Waals surface area contributed by atoms with Gasteiger partial charge >= 0.3 is 5.97 Å². The second-order valence-electron chi connectivity index (χ2n) is 5.49. The van der Waals surface area contributed by atoms with Gasteiger partial charge in [0.05, 0.1) is 29.8 Å². The number of hydrogen-bond donors (Lipinski definition) is 2. The SMILES string of the molecule is O=C(O)C[C@H]1CN(C(=O)c2cc(-c3ccccc3Cl)n[nH]2)CCO1. The Balaban J connectivity index is 1.74. The van der Waals surface area contributed by atoms with Crippen LogP contribution in [0.3, 0.4) is 0 Å². The summed E-state index contributed by atoms with van der Waals surface area (Å²) in [6.45, 7) is 0.968. The first-order valence-corrected chi connectivity index (χ1v) is 7.85. The van der Waals surface area contributed by atoms with E-state index in [-0.39, 0.29) is 18.9 Å². The molecule has 126 valence electrons. The molecule has 1 aromatic carbocycles. The molecule has 2 aromatic rings. The van der Waals surface area contributed by atoms with Gasteiger partial charge in [0.25, 0.3) is 5.91 Å². The van der Waals surface area contributed by atoms with Gasteiger partial charge in [0.2, 0.25) is 0 Å². The van der Waals surface area contributed by atoms with E-state index in [9.17, 15) is 9.59 Å². The van der Waals surface area contributed by atoms with Crippen molar-refractivity contribution in [2.75, 3.05) is 19.7 Å². The molecule has 7 nitrogen and oxygen atoms in total. The van der Waals surface area contributed by atoms with Gasteiger partial charge in [0.15, 0.2) is 0 Å². The summed E-state index contributed by atoms with van der Waals surface area (Å²) in [7, 11) is 0. The van der Waals surface area contributed by atoms with Gasteiger partial charge in [0, 0.05) is 18.7 Å². The molecular weight excluding hydrogens is 334 g/mol. The summed E-state index contributed by atoms with van der Waals surface area (Å²) in [6, 6.07) is 8.89. The van der Waals surface area contributed by atoms with Crippen LogP contribution in [0, 0.1) is 0 Å². The first-order valence-electron chi connectivity index (χ1n) is 7.47. The molecule has 2 N–H and O–H groups in total. The van der Waals surface area contributed by atoms with Gasteiger partial charge in [-0.1, -0.05) is 29.8 Å². The molecule has 0 spiro atoms. The second kappa shape index (κ2) is 7.02. The highest BCUT2D eigenvalue weighted by Crippen LogP contribution is 2.26. The van der Waals surface area contributed by atoms with Gasteiger partial charge in [-0.3, -0.25) is 14.7 Å². The Bertz CT molecular complexity index is 761. The minimum atomic E-state index is -0.947. The number of carbonyl (C=O) groups is 2. The van der Waals surface area contributed by atoms with Crippen LogP contribution in [0.15, 0.2) is 30.3 Å². The highest BCUT2D eigenvalue weighted by atomic mass is 35.5. The molecule has 1 aliphatic rings. The molecule has 3 rings (SSSR count). The Morgan fingerprint density at radius 3 is 2.96 bits per heavy atom. The van der Waals surface area contributed by atoms with E-state index in [1.807, 2.05) is 18.2 Å². The molecule has 1 atom stereocenters. The summed E-state index contributed by atoms with van der Waals surface area (Å²) in [5, 5.41) is 16.3. The van der Waals surface area contributed by atoms with Crippen LogP contribution in [0.1, 0.15) is 16.9 Å². The fraction of sp³-hybridized carbons (Fsp3) is 0.312. The largest absolute Gasteiger partial charge is 0.481 e. The Kier molecular flexibility index (Phi) is 4.82. The lowest BCUT2D eigenvalue weighted by molar-refractivity contribution is -0.141. The van der Waals surface area contributed by atoms with E-state index in [0.29, 0.717) is 29.6 Å². The summed E-state index contributed by atoms with van der Waals surface area (Å²) >= 11 is 6.14. The van der Waals surface area contributed by atoms with Crippen molar-refractivity contribution in [2.45, 2.75) is 12.5 Å². The second-order valence-corrected chi connectivity index (χ2v) is 5.90. The van der Waals surface area contributed by atoms with Crippen molar-refractivity contribution in [1.82, 2.24) is 15.1 Å². The highest BCUT2D eigenvalue weighted by Gasteiger charge is 2.27. The number of aromatic nitrogens is 2. The third-order valence-corrected chi connectivity index (χ3v) is 4.12. The third-order valence-electron chi connectivity index (χ3n) is 3.79. The maximum absolute atomic E-state index is 12.6. The van der Waals surface area contributed by atoms with Crippen molar-refractivity contribution < 1.29 is 19.4 Å². The van der Waals surface area contributed by atoms with Crippen LogP contribution < -0.4 is 0 Å². The molecule has 0 unspecified atom stereocenters. The Morgan fingerprint density at radius 1 is 1.42 bits per heavy atom. The van der Waals surface area contributed by atoms with Crippen LogP contribution in [-0.4, -0.2) is 57.9 Å². The van der Waals surface area contributed by atoms with Crippen LogP contribution in [0.4, 0.5) is 0 Å². The van der Waals surface area contributed by atoms with Gasteiger partial charge in [0.1, 0.15) is 5.69 Å². The fourth-order valence-corrected chi connectivity index (χ4v) is 2.86. The zero-order valence-electron chi connectivity index (χ0n) is 12.7. The maximum atomic E-state index is 12.6. The molecule has 8 heteroatoms. The number of carboxylic acids is 1. The van der Waals surface area contributed by atoms with E-state index in [0.717, 1.165) is 5.56 Å². The number of benzene rings is 1. The lowest BCUT2D eigenvalue weighted by atomic mass is 10.1. The number of morpholine rings is 1. The summed E-state index contributed by atoms with van der Waals surface area (Å²) in [4.78, 5) is 24.9. The number of nitrogens with zero attached hydrogens (tertiary/aromatic N) is 2. The molecule has 2 heterocycles. The first kappa shape index (κ1) is 16.5. The van der Waals surface area contributed by atoms with Gasteiger partial charge in [-0.05, 0) is 12.1 Å². The first-order chi connectivity index (χ1) is 11.5. The molecule has 1 aromatic heterocycles.